The molecule has 0 saturated heterocycles. The van der Waals surface area contributed by atoms with E-state index in [4.69, 9.17) is 4.52 Å². The molecule has 1 aliphatic rings. The quantitative estimate of drug-likeness (QED) is 0.909. The van der Waals surface area contributed by atoms with Crippen LogP contribution in [0.25, 0.3) is 0 Å². The van der Waals surface area contributed by atoms with E-state index in [9.17, 15) is 4.79 Å². The zero-order chi connectivity index (χ0) is 14.1. The first kappa shape index (κ1) is 12.9. The molecule has 0 radical (unpaired) electrons. The molecule has 0 aromatic carbocycles. The largest absolute Gasteiger partial charge is 0.360 e. The molecule has 0 bridgehead atoms. The minimum absolute atomic E-state index is 0.258. The van der Waals surface area contributed by atoms with Crippen molar-refractivity contribution >= 4 is 11.7 Å². The fourth-order valence-corrected chi connectivity index (χ4v) is 2.07. The Morgan fingerprint density at radius 2 is 2.35 bits per heavy atom. The third-order valence-electron chi connectivity index (χ3n) is 3.24. The molecule has 0 spiro atoms. The molecule has 2 aromatic heterocycles. The van der Waals surface area contributed by atoms with Gasteiger partial charge in [0.1, 0.15) is 11.6 Å². The van der Waals surface area contributed by atoms with Crippen molar-refractivity contribution < 1.29 is 9.32 Å². The Labute approximate surface area is 117 Å². The second-order valence-corrected chi connectivity index (χ2v) is 5.64. The molecule has 1 N–H and O–H groups in total. The van der Waals surface area contributed by atoms with E-state index >= 15 is 0 Å². The van der Waals surface area contributed by atoms with E-state index in [0.29, 0.717) is 23.3 Å². The van der Waals surface area contributed by atoms with Crippen molar-refractivity contribution in [3.8, 4) is 0 Å². The van der Waals surface area contributed by atoms with E-state index in [0.717, 1.165) is 25.1 Å². The highest BCUT2D eigenvalue weighted by atomic mass is 16.5. The zero-order valence-electron chi connectivity index (χ0n) is 11.7. The lowest BCUT2D eigenvalue weighted by Crippen LogP contribution is -2.17. The summed E-state index contributed by atoms with van der Waals surface area (Å²) in [6, 6.07) is 3.51. The maximum absolute atomic E-state index is 12.1. The van der Waals surface area contributed by atoms with Gasteiger partial charge in [0.05, 0.1) is 6.20 Å². The van der Waals surface area contributed by atoms with Crippen molar-refractivity contribution in [1.82, 2.24) is 14.9 Å². The summed E-state index contributed by atoms with van der Waals surface area (Å²) < 4.78 is 6.97. The lowest BCUT2D eigenvalue weighted by molar-refractivity contribution is 0.101. The molecule has 6 nitrogen and oxygen atoms in total. The topological polar surface area (TPSA) is 73.0 Å². The van der Waals surface area contributed by atoms with Gasteiger partial charge in [0, 0.05) is 24.6 Å². The minimum Gasteiger partial charge on any atom is -0.360 e. The van der Waals surface area contributed by atoms with Crippen LogP contribution in [0.2, 0.25) is 0 Å². The van der Waals surface area contributed by atoms with Gasteiger partial charge in [0.15, 0.2) is 5.69 Å². The number of carbonyl (C=O) groups is 1. The monoisotopic (exact) mass is 274 g/mol. The predicted molar refractivity (Wildman–Crippen MR) is 73.5 cm³/mol. The molecule has 2 aromatic rings. The smallest absolute Gasteiger partial charge is 0.278 e. The molecule has 1 fully saturated rings. The number of anilines is 1. The summed E-state index contributed by atoms with van der Waals surface area (Å²) in [6.45, 7) is 4.97. The van der Waals surface area contributed by atoms with E-state index in [1.807, 2.05) is 0 Å². The molecule has 1 aliphatic carbocycles. The number of hydrogen-bond donors (Lipinski definition) is 1. The average molecular weight is 274 g/mol. The van der Waals surface area contributed by atoms with Crippen molar-refractivity contribution in [2.75, 3.05) is 5.32 Å². The molecule has 106 valence electrons. The maximum Gasteiger partial charge on any atom is 0.278 e. The average Bonchev–Trinajstić information content (AvgIpc) is 2.97. The first-order chi connectivity index (χ1) is 9.63. The van der Waals surface area contributed by atoms with Crippen LogP contribution in [0.5, 0.6) is 0 Å². The Balaban J connectivity index is 1.70. The second-order valence-electron chi connectivity index (χ2n) is 5.64. The molecule has 20 heavy (non-hydrogen) atoms. The summed E-state index contributed by atoms with van der Waals surface area (Å²) in [5, 5.41) is 10.9. The first-order valence-electron chi connectivity index (χ1n) is 6.93. The van der Waals surface area contributed by atoms with Gasteiger partial charge in [-0.2, -0.15) is 5.10 Å². The summed E-state index contributed by atoms with van der Waals surface area (Å²) in [7, 11) is 0. The van der Waals surface area contributed by atoms with Crippen LogP contribution in [-0.2, 0) is 6.54 Å². The Morgan fingerprint density at radius 3 is 3.05 bits per heavy atom. The molecular formula is C14H18N4O2. The summed E-state index contributed by atoms with van der Waals surface area (Å²) in [4.78, 5) is 12.1. The minimum atomic E-state index is -0.258. The van der Waals surface area contributed by atoms with Crippen LogP contribution in [0.3, 0.4) is 0 Å². The maximum atomic E-state index is 12.1. The number of amides is 1. The van der Waals surface area contributed by atoms with Crippen molar-refractivity contribution in [3.63, 3.8) is 0 Å². The molecular weight excluding hydrogens is 256 g/mol. The second kappa shape index (κ2) is 5.11. The fourth-order valence-electron chi connectivity index (χ4n) is 2.07. The first-order valence-corrected chi connectivity index (χ1v) is 6.93. The Bertz CT molecular complexity index is 610. The van der Waals surface area contributed by atoms with Gasteiger partial charge in [0.2, 0.25) is 0 Å². The molecule has 1 amide bonds. The highest BCUT2D eigenvalue weighted by Gasteiger charge is 2.29. The predicted octanol–water partition coefficient (Wildman–Crippen LogP) is 2.66. The van der Waals surface area contributed by atoms with Crippen molar-refractivity contribution in [3.05, 3.63) is 29.8 Å². The molecule has 0 unspecified atom stereocenters. The summed E-state index contributed by atoms with van der Waals surface area (Å²) in [5.41, 5.74) is 0.323. The SMILES string of the molecule is CC(C)Cn1nccc1NC(=O)c1cc(C2CC2)on1. The standard InChI is InChI=1S/C14H18N4O2/c1-9(2)8-18-13(5-6-15-18)16-14(19)11-7-12(20-17-11)10-3-4-10/h5-7,9-10H,3-4,8H2,1-2H3,(H,16,19). The third-order valence-corrected chi connectivity index (χ3v) is 3.24. The molecule has 2 heterocycles. The highest BCUT2D eigenvalue weighted by Crippen LogP contribution is 2.40. The van der Waals surface area contributed by atoms with Crippen molar-refractivity contribution in [1.29, 1.82) is 0 Å². The highest BCUT2D eigenvalue weighted by molar-refractivity contribution is 6.02. The van der Waals surface area contributed by atoms with Crippen molar-refractivity contribution in [2.45, 2.75) is 39.2 Å². The van der Waals surface area contributed by atoms with Crippen LogP contribution in [-0.4, -0.2) is 20.8 Å². The number of carbonyl (C=O) groups excluding carboxylic acids is 1. The van der Waals surface area contributed by atoms with Gasteiger partial charge in [-0.05, 0) is 18.8 Å². The van der Waals surface area contributed by atoms with Crippen LogP contribution in [0.15, 0.2) is 22.9 Å². The molecule has 3 rings (SSSR count). The van der Waals surface area contributed by atoms with E-state index in [1.54, 1.807) is 23.0 Å². The van der Waals surface area contributed by atoms with Gasteiger partial charge >= 0.3 is 0 Å². The summed E-state index contributed by atoms with van der Waals surface area (Å²) in [6.07, 6.45) is 3.92. The van der Waals surface area contributed by atoms with Crippen LogP contribution in [0, 0.1) is 5.92 Å². The number of nitrogens with zero attached hydrogens (tertiary/aromatic N) is 3. The van der Waals surface area contributed by atoms with Gasteiger partial charge in [-0.1, -0.05) is 19.0 Å². The van der Waals surface area contributed by atoms with Crippen LogP contribution in [0.1, 0.15) is 48.9 Å². The van der Waals surface area contributed by atoms with Crippen LogP contribution >= 0.6 is 0 Å². The number of hydrogen-bond acceptors (Lipinski definition) is 4. The Hall–Kier alpha value is -2.11. The normalized spacial score (nSPS) is 14.8. The van der Waals surface area contributed by atoms with Gasteiger partial charge in [-0.25, -0.2) is 4.68 Å². The molecule has 0 aliphatic heterocycles. The fraction of sp³-hybridized carbons (Fsp3) is 0.500. The number of aromatic nitrogens is 3. The van der Waals surface area contributed by atoms with Crippen molar-refractivity contribution in [2.24, 2.45) is 5.92 Å². The lowest BCUT2D eigenvalue weighted by Gasteiger charge is -2.09. The van der Waals surface area contributed by atoms with E-state index < -0.39 is 0 Å². The lowest BCUT2D eigenvalue weighted by atomic mass is 10.2. The summed E-state index contributed by atoms with van der Waals surface area (Å²) in [5.74, 6) is 2.14. The van der Waals surface area contributed by atoms with Gasteiger partial charge in [-0.15, -0.1) is 0 Å². The molecule has 6 heteroatoms. The van der Waals surface area contributed by atoms with Crippen LogP contribution in [0.4, 0.5) is 5.82 Å². The molecule has 1 saturated carbocycles. The van der Waals surface area contributed by atoms with Gasteiger partial charge in [-0.3, -0.25) is 4.79 Å². The van der Waals surface area contributed by atoms with Gasteiger partial charge < -0.3 is 9.84 Å². The van der Waals surface area contributed by atoms with E-state index in [-0.39, 0.29) is 5.91 Å². The van der Waals surface area contributed by atoms with E-state index in [2.05, 4.69) is 29.4 Å². The zero-order valence-corrected chi connectivity index (χ0v) is 11.7. The third kappa shape index (κ3) is 2.74. The number of rotatable bonds is 5. The molecule has 0 atom stereocenters. The summed E-state index contributed by atoms with van der Waals surface area (Å²) >= 11 is 0. The van der Waals surface area contributed by atoms with Crippen LogP contribution < -0.4 is 5.32 Å². The van der Waals surface area contributed by atoms with E-state index in [1.165, 1.54) is 0 Å². The van der Waals surface area contributed by atoms with Gasteiger partial charge in [0.25, 0.3) is 5.91 Å². The number of nitrogens with one attached hydrogen (secondary N) is 1. The Morgan fingerprint density at radius 1 is 1.55 bits per heavy atom. The Kier molecular flexibility index (Phi) is 3.30.